The Morgan fingerprint density at radius 3 is 2.90 bits per heavy atom. The van der Waals surface area contributed by atoms with Crippen LogP contribution < -0.4 is 5.56 Å². The molecule has 0 aliphatic heterocycles. The van der Waals surface area contributed by atoms with Crippen LogP contribution in [0.2, 0.25) is 0 Å². The Morgan fingerprint density at radius 2 is 2.10 bits per heavy atom. The molecule has 108 valence electrons. The van der Waals surface area contributed by atoms with E-state index in [-0.39, 0.29) is 17.9 Å². The van der Waals surface area contributed by atoms with Crippen molar-refractivity contribution in [2.45, 2.75) is 32.7 Å². The van der Waals surface area contributed by atoms with Crippen LogP contribution in [-0.4, -0.2) is 15.3 Å². The summed E-state index contributed by atoms with van der Waals surface area (Å²) in [5, 5.41) is 0. The number of benzene rings is 1. The molecule has 1 aromatic carbocycles. The van der Waals surface area contributed by atoms with Crippen molar-refractivity contribution < 1.29 is 4.79 Å². The van der Waals surface area contributed by atoms with Crippen LogP contribution in [0.25, 0.3) is 0 Å². The molecule has 0 fully saturated rings. The summed E-state index contributed by atoms with van der Waals surface area (Å²) in [6.07, 6.45) is 4.84. The molecule has 2 aromatic rings. The summed E-state index contributed by atoms with van der Waals surface area (Å²) in [6, 6.07) is 5.89. The summed E-state index contributed by atoms with van der Waals surface area (Å²) in [4.78, 5) is 28.7. The number of rotatable bonds is 3. The number of aromatic nitrogens is 2. The quantitative estimate of drug-likeness (QED) is 0.594. The van der Waals surface area contributed by atoms with E-state index in [4.69, 9.17) is 0 Å². The third-order valence-corrected chi connectivity index (χ3v) is 4.67. The number of halogens is 1. The Bertz CT molecular complexity index is 780. The van der Waals surface area contributed by atoms with Crippen molar-refractivity contribution in [2.75, 3.05) is 0 Å². The minimum atomic E-state index is -0.155. The van der Waals surface area contributed by atoms with Gasteiger partial charge in [0.15, 0.2) is 5.78 Å². The zero-order valence-electron chi connectivity index (χ0n) is 11.7. The lowest BCUT2D eigenvalue weighted by Gasteiger charge is -2.09. The molecule has 0 spiro atoms. The molecular weight excluding hydrogens is 379 g/mol. The summed E-state index contributed by atoms with van der Waals surface area (Å²) >= 11 is 1.94. The standard InChI is InChI=1S/C16H15IN2O2/c1-10-18-8-14(17)16(21)19(10)9-15(20)13-6-5-11-3-2-4-12(11)7-13/h5-8H,2-4,9H2,1H3. The Morgan fingerprint density at radius 1 is 1.33 bits per heavy atom. The molecule has 1 aliphatic rings. The maximum atomic E-state index is 12.4. The fraction of sp³-hybridized carbons (Fsp3) is 0.312. The van der Waals surface area contributed by atoms with Gasteiger partial charge in [0.05, 0.1) is 10.1 Å². The molecule has 1 aromatic heterocycles. The number of fused-ring (bicyclic) bond motifs is 1. The van der Waals surface area contributed by atoms with Gasteiger partial charge in [0.25, 0.3) is 5.56 Å². The molecule has 1 aliphatic carbocycles. The highest BCUT2D eigenvalue weighted by Gasteiger charge is 2.16. The van der Waals surface area contributed by atoms with Gasteiger partial charge in [-0.05, 0) is 66.0 Å². The topological polar surface area (TPSA) is 52.0 Å². The smallest absolute Gasteiger partial charge is 0.267 e. The van der Waals surface area contributed by atoms with Gasteiger partial charge in [-0.3, -0.25) is 14.2 Å². The Kier molecular flexibility index (Phi) is 3.93. The molecule has 0 amide bonds. The van der Waals surface area contributed by atoms with Gasteiger partial charge < -0.3 is 0 Å². The van der Waals surface area contributed by atoms with E-state index in [1.54, 1.807) is 6.92 Å². The third kappa shape index (κ3) is 2.79. The van der Waals surface area contributed by atoms with Gasteiger partial charge in [-0.2, -0.15) is 0 Å². The van der Waals surface area contributed by atoms with Gasteiger partial charge in [-0.15, -0.1) is 0 Å². The SMILES string of the molecule is Cc1ncc(I)c(=O)n1CC(=O)c1ccc2c(c1)CCC2. The van der Waals surface area contributed by atoms with E-state index in [1.807, 2.05) is 40.8 Å². The lowest BCUT2D eigenvalue weighted by Crippen LogP contribution is -2.28. The first-order chi connectivity index (χ1) is 10.1. The van der Waals surface area contributed by atoms with Gasteiger partial charge in [-0.25, -0.2) is 4.98 Å². The molecule has 4 nitrogen and oxygen atoms in total. The number of Topliss-reactive ketones (excluding diaryl/α,β-unsaturated/α-hetero) is 1. The molecule has 0 radical (unpaired) electrons. The van der Waals surface area contributed by atoms with Crippen LogP contribution in [0.4, 0.5) is 0 Å². The Hall–Kier alpha value is -1.50. The average molecular weight is 394 g/mol. The van der Waals surface area contributed by atoms with Crippen LogP contribution >= 0.6 is 22.6 Å². The molecule has 3 rings (SSSR count). The summed E-state index contributed by atoms with van der Waals surface area (Å²) in [5.41, 5.74) is 3.14. The minimum Gasteiger partial charge on any atom is -0.292 e. The molecule has 21 heavy (non-hydrogen) atoms. The molecule has 0 atom stereocenters. The fourth-order valence-electron chi connectivity index (χ4n) is 2.72. The number of ketones is 1. The third-order valence-electron chi connectivity index (χ3n) is 3.93. The maximum absolute atomic E-state index is 12.4. The second-order valence-electron chi connectivity index (χ2n) is 5.30. The van der Waals surface area contributed by atoms with E-state index in [0.717, 1.165) is 19.3 Å². The second-order valence-corrected chi connectivity index (χ2v) is 6.47. The predicted octanol–water partition coefficient (Wildman–Crippen LogP) is 2.53. The lowest BCUT2D eigenvalue weighted by atomic mass is 10.0. The molecule has 0 unspecified atom stereocenters. The highest BCUT2D eigenvalue weighted by Crippen LogP contribution is 2.23. The van der Waals surface area contributed by atoms with E-state index in [2.05, 4.69) is 4.98 Å². The monoisotopic (exact) mass is 394 g/mol. The van der Waals surface area contributed by atoms with Crippen LogP contribution in [0, 0.1) is 10.5 Å². The van der Waals surface area contributed by atoms with Crippen molar-refractivity contribution in [3.8, 4) is 0 Å². The largest absolute Gasteiger partial charge is 0.292 e. The molecule has 0 saturated carbocycles. The van der Waals surface area contributed by atoms with E-state index < -0.39 is 0 Å². The van der Waals surface area contributed by atoms with Crippen LogP contribution in [0.5, 0.6) is 0 Å². The van der Waals surface area contributed by atoms with Crippen molar-refractivity contribution in [3.05, 3.63) is 60.8 Å². The Labute approximate surface area is 136 Å². The number of nitrogens with zero attached hydrogens (tertiary/aromatic N) is 2. The van der Waals surface area contributed by atoms with Gasteiger partial charge in [0.2, 0.25) is 0 Å². The molecule has 0 saturated heterocycles. The van der Waals surface area contributed by atoms with E-state index >= 15 is 0 Å². The average Bonchev–Trinajstić information content (AvgIpc) is 2.94. The summed E-state index contributed by atoms with van der Waals surface area (Å²) in [7, 11) is 0. The minimum absolute atomic E-state index is 0.0429. The van der Waals surface area contributed by atoms with E-state index in [0.29, 0.717) is 15.0 Å². The molecule has 0 bridgehead atoms. The molecule has 1 heterocycles. The number of hydrogen-bond donors (Lipinski definition) is 0. The van der Waals surface area contributed by atoms with Crippen molar-refractivity contribution in [1.29, 1.82) is 0 Å². The van der Waals surface area contributed by atoms with Crippen LogP contribution in [-0.2, 0) is 19.4 Å². The van der Waals surface area contributed by atoms with Gasteiger partial charge in [-0.1, -0.05) is 12.1 Å². The Balaban J connectivity index is 1.91. The van der Waals surface area contributed by atoms with Gasteiger partial charge in [0.1, 0.15) is 5.82 Å². The van der Waals surface area contributed by atoms with Crippen molar-refractivity contribution in [3.63, 3.8) is 0 Å². The fourth-order valence-corrected chi connectivity index (χ4v) is 3.15. The first kappa shape index (κ1) is 14.4. The first-order valence-corrected chi connectivity index (χ1v) is 8.01. The molecular formula is C16H15IN2O2. The van der Waals surface area contributed by atoms with Crippen molar-refractivity contribution in [2.24, 2.45) is 0 Å². The second kappa shape index (κ2) is 5.71. The molecule has 5 heteroatoms. The maximum Gasteiger partial charge on any atom is 0.267 e. The van der Waals surface area contributed by atoms with E-state index in [9.17, 15) is 9.59 Å². The summed E-state index contributed by atoms with van der Waals surface area (Å²) in [5.74, 6) is 0.522. The zero-order chi connectivity index (χ0) is 15.0. The van der Waals surface area contributed by atoms with Crippen molar-refractivity contribution in [1.82, 2.24) is 9.55 Å². The highest BCUT2D eigenvalue weighted by atomic mass is 127. The predicted molar refractivity (Wildman–Crippen MR) is 88.7 cm³/mol. The van der Waals surface area contributed by atoms with Crippen LogP contribution in [0.3, 0.4) is 0 Å². The zero-order valence-corrected chi connectivity index (χ0v) is 13.9. The lowest BCUT2D eigenvalue weighted by molar-refractivity contribution is 0.0969. The highest BCUT2D eigenvalue weighted by molar-refractivity contribution is 14.1. The normalized spacial score (nSPS) is 13.2. The van der Waals surface area contributed by atoms with Crippen molar-refractivity contribution >= 4 is 28.4 Å². The van der Waals surface area contributed by atoms with Gasteiger partial charge in [0, 0.05) is 11.8 Å². The van der Waals surface area contributed by atoms with Gasteiger partial charge >= 0.3 is 0 Å². The first-order valence-electron chi connectivity index (χ1n) is 6.93. The number of hydrogen-bond acceptors (Lipinski definition) is 3. The molecule has 0 N–H and O–H groups in total. The van der Waals surface area contributed by atoms with Crippen LogP contribution in [0.15, 0.2) is 29.2 Å². The van der Waals surface area contributed by atoms with Crippen LogP contribution in [0.1, 0.15) is 33.7 Å². The summed E-state index contributed by atoms with van der Waals surface area (Å²) < 4.78 is 1.97. The number of carbonyl (C=O) groups excluding carboxylic acids is 1. The number of carbonyl (C=O) groups is 1. The number of aryl methyl sites for hydroxylation is 3. The summed E-state index contributed by atoms with van der Waals surface area (Å²) in [6.45, 7) is 1.79. The van der Waals surface area contributed by atoms with E-state index in [1.165, 1.54) is 21.9 Å².